The Morgan fingerprint density at radius 1 is 1.25 bits per heavy atom. The summed E-state index contributed by atoms with van der Waals surface area (Å²) in [6, 6.07) is 3.66. The molecule has 1 aromatic rings. The van der Waals surface area contributed by atoms with Crippen molar-refractivity contribution in [3.05, 3.63) is 23.3 Å². The van der Waals surface area contributed by atoms with Gasteiger partial charge in [-0.05, 0) is 19.1 Å². The van der Waals surface area contributed by atoms with E-state index in [2.05, 4.69) is 0 Å². The molecule has 0 aromatic heterocycles. The van der Waals surface area contributed by atoms with Crippen LogP contribution in [0, 0.1) is 6.92 Å². The van der Waals surface area contributed by atoms with Gasteiger partial charge < -0.3 is 19.3 Å². The van der Waals surface area contributed by atoms with E-state index < -0.39 is 5.60 Å². The van der Waals surface area contributed by atoms with Crippen LogP contribution in [0.25, 0.3) is 0 Å². The maximum atomic E-state index is 10.2. The predicted molar refractivity (Wildman–Crippen MR) is 59.0 cm³/mol. The van der Waals surface area contributed by atoms with Crippen LogP contribution in [-0.2, 0) is 10.3 Å². The Bertz CT molecular complexity index is 396. The molecule has 16 heavy (non-hydrogen) atoms. The van der Waals surface area contributed by atoms with Gasteiger partial charge in [-0.15, -0.1) is 0 Å². The maximum absolute atomic E-state index is 10.2. The average molecular weight is 224 g/mol. The minimum atomic E-state index is -0.914. The van der Waals surface area contributed by atoms with Crippen molar-refractivity contribution in [3.8, 4) is 11.5 Å². The predicted octanol–water partition coefficient (Wildman–Crippen LogP) is 1.23. The smallest absolute Gasteiger partial charge is 0.140 e. The Morgan fingerprint density at radius 3 is 2.38 bits per heavy atom. The summed E-state index contributed by atoms with van der Waals surface area (Å²) in [4.78, 5) is 0. The van der Waals surface area contributed by atoms with Crippen LogP contribution in [0.4, 0.5) is 0 Å². The lowest BCUT2D eigenvalue weighted by Gasteiger charge is -2.37. The molecule has 0 saturated carbocycles. The molecule has 1 aromatic carbocycles. The monoisotopic (exact) mass is 224 g/mol. The molecule has 1 heterocycles. The third kappa shape index (κ3) is 1.54. The molecule has 88 valence electrons. The zero-order chi connectivity index (χ0) is 11.8. The van der Waals surface area contributed by atoms with Crippen LogP contribution in [0.3, 0.4) is 0 Å². The van der Waals surface area contributed by atoms with Crippen LogP contribution in [0.5, 0.6) is 11.5 Å². The third-order valence-corrected chi connectivity index (χ3v) is 2.96. The zero-order valence-electron chi connectivity index (χ0n) is 9.74. The summed E-state index contributed by atoms with van der Waals surface area (Å²) in [6.45, 7) is 2.54. The minimum Gasteiger partial charge on any atom is -0.496 e. The average Bonchev–Trinajstić information content (AvgIpc) is 2.25. The summed E-state index contributed by atoms with van der Waals surface area (Å²) in [5.41, 5.74) is 0.741. The van der Waals surface area contributed by atoms with Gasteiger partial charge in [0.15, 0.2) is 0 Å². The summed E-state index contributed by atoms with van der Waals surface area (Å²) < 4.78 is 15.6. The number of ether oxygens (including phenoxy) is 3. The van der Waals surface area contributed by atoms with Crippen molar-refractivity contribution in [2.24, 2.45) is 0 Å². The van der Waals surface area contributed by atoms with Crippen molar-refractivity contribution in [2.75, 3.05) is 27.4 Å². The standard InChI is InChI=1S/C12H16O4/c1-8-10(14-2)5-4-9(11(8)15-3)12(13)6-16-7-12/h4-5,13H,6-7H2,1-3H3. The second-order valence-corrected chi connectivity index (χ2v) is 4.00. The molecule has 0 unspecified atom stereocenters. The summed E-state index contributed by atoms with van der Waals surface area (Å²) in [5, 5.41) is 10.2. The Kier molecular flexibility index (Phi) is 2.78. The second-order valence-electron chi connectivity index (χ2n) is 4.00. The van der Waals surface area contributed by atoms with E-state index in [1.807, 2.05) is 19.1 Å². The molecular weight excluding hydrogens is 208 g/mol. The second kappa shape index (κ2) is 3.96. The highest BCUT2D eigenvalue weighted by Gasteiger charge is 2.40. The van der Waals surface area contributed by atoms with E-state index in [0.29, 0.717) is 19.0 Å². The SMILES string of the molecule is COc1ccc(C2(O)COC2)c(OC)c1C. The largest absolute Gasteiger partial charge is 0.496 e. The zero-order valence-corrected chi connectivity index (χ0v) is 9.74. The first-order valence-corrected chi connectivity index (χ1v) is 5.14. The molecule has 0 bridgehead atoms. The van der Waals surface area contributed by atoms with E-state index in [1.54, 1.807) is 14.2 Å². The van der Waals surface area contributed by atoms with Gasteiger partial charge >= 0.3 is 0 Å². The topological polar surface area (TPSA) is 47.9 Å². The molecule has 0 amide bonds. The summed E-state index contributed by atoms with van der Waals surface area (Å²) in [6.07, 6.45) is 0. The molecule has 1 saturated heterocycles. The number of benzene rings is 1. The highest BCUT2D eigenvalue weighted by atomic mass is 16.5. The molecule has 0 aliphatic carbocycles. The van der Waals surface area contributed by atoms with Gasteiger partial charge in [-0.25, -0.2) is 0 Å². The van der Waals surface area contributed by atoms with Gasteiger partial charge in [-0.2, -0.15) is 0 Å². The van der Waals surface area contributed by atoms with Crippen LogP contribution in [0.15, 0.2) is 12.1 Å². The highest BCUT2D eigenvalue weighted by Crippen LogP contribution is 2.40. The van der Waals surface area contributed by atoms with Gasteiger partial charge in [0, 0.05) is 11.1 Å². The number of methoxy groups -OCH3 is 2. The molecule has 1 aliphatic heterocycles. The van der Waals surface area contributed by atoms with Crippen molar-refractivity contribution >= 4 is 0 Å². The number of aliphatic hydroxyl groups is 1. The molecule has 4 nitrogen and oxygen atoms in total. The number of hydrogen-bond acceptors (Lipinski definition) is 4. The van der Waals surface area contributed by atoms with E-state index in [4.69, 9.17) is 14.2 Å². The van der Waals surface area contributed by atoms with Crippen LogP contribution < -0.4 is 9.47 Å². The number of hydrogen-bond donors (Lipinski definition) is 1. The summed E-state index contributed by atoms with van der Waals surface area (Å²) in [7, 11) is 3.21. The lowest BCUT2D eigenvalue weighted by Crippen LogP contribution is -2.46. The van der Waals surface area contributed by atoms with Crippen LogP contribution in [0.1, 0.15) is 11.1 Å². The Labute approximate surface area is 94.8 Å². The van der Waals surface area contributed by atoms with Gasteiger partial charge in [-0.1, -0.05) is 0 Å². The molecular formula is C12H16O4. The first-order chi connectivity index (χ1) is 7.62. The van der Waals surface area contributed by atoms with Crippen LogP contribution >= 0.6 is 0 Å². The lowest BCUT2D eigenvalue weighted by molar-refractivity contribution is -0.185. The quantitative estimate of drug-likeness (QED) is 0.839. The van der Waals surface area contributed by atoms with Gasteiger partial charge in [0.1, 0.15) is 17.1 Å². The maximum Gasteiger partial charge on any atom is 0.140 e. The Morgan fingerprint density at radius 2 is 1.94 bits per heavy atom. The van der Waals surface area contributed by atoms with Crippen molar-refractivity contribution < 1.29 is 19.3 Å². The van der Waals surface area contributed by atoms with E-state index in [0.717, 1.165) is 16.9 Å². The summed E-state index contributed by atoms with van der Waals surface area (Å²) >= 11 is 0. The molecule has 2 rings (SSSR count). The summed E-state index contributed by atoms with van der Waals surface area (Å²) in [5.74, 6) is 1.43. The number of rotatable bonds is 3. The minimum absolute atomic E-state index is 0.315. The fourth-order valence-electron chi connectivity index (χ4n) is 1.98. The van der Waals surface area contributed by atoms with Crippen molar-refractivity contribution in [1.29, 1.82) is 0 Å². The highest BCUT2D eigenvalue weighted by molar-refractivity contribution is 5.52. The van der Waals surface area contributed by atoms with Gasteiger partial charge in [0.25, 0.3) is 0 Å². The molecule has 1 fully saturated rings. The first-order valence-electron chi connectivity index (χ1n) is 5.14. The van der Waals surface area contributed by atoms with Crippen molar-refractivity contribution in [3.63, 3.8) is 0 Å². The van der Waals surface area contributed by atoms with Crippen molar-refractivity contribution in [2.45, 2.75) is 12.5 Å². The third-order valence-electron chi connectivity index (χ3n) is 2.96. The van der Waals surface area contributed by atoms with Crippen molar-refractivity contribution in [1.82, 2.24) is 0 Å². The van der Waals surface area contributed by atoms with Gasteiger partial charge in [-0.3, -0.25) is 0 Å². The van der Waals surface area contributed by atoms with E-state index >= 15 is 0 Å². The fourth-order valence-corrected chi connectivity index (χ4v) is 1.98. The van der Waals surface area contributed by atoms with Crippen LogP contribution in [0.2, 0.25) is 0 Å². The lowest BCUT2D eigenvalue weighted by atomic mass is 9.89. The van der Waals surface area contributed by atoms with E-state index in [1.165, 1.54) is 0 Å². The van der Waals surface area contributed by atoms with Crippen LogP contribution in [-0.4, -0.2) is 32.5 Å². The first kappa shape index (κ1) is 11.2. The van der Waals surface area contributed by atoms with E-state index in [9.17, 15) is 5.11 Å². The van der Waals surface area contributed by atoms with Gasteiger partial charge in [0.2, 0.25) is 0 Å². The Hall–Kier alpha value is -1.26. The van der Waals surface area contributed by atoms with Gasteiger partial charge in [0.05, 0.1) is 27.4 Å². The fraction of sp³-hybridized carbons (Fsp3) is 0.500. The molecule has 0 radical (unpaired) electrons. The molecule has 4 heteroatoms. The Balaban J connectivity index is 2.50. The molecule has 0 spiro atoms. The molecule has 1 N–H and O–H groups in total. The van der Waals surface area contributed by atoms with E-state index in [-0.39, 0.29) is 0 Å². The molecule has 0 atom stereocenters. The molecule has 1 aliphatic rings. The normalized spacial score (nSPS) is 17.8.